The highest BCUT2D eigenvalue weighted by atomic mass is 32.2. The van der Waals surface area contributed by atoms with Crippen molar-refractivity contribution in [2.24, 2.45) is 5.92 Å². The molecule has 1 fully saturated rings. The smallest absolute Gasteiger partial charge is 0.150 e. The highest BCUT2D eigenvalue weighted by Gasteiger charge is 2.15. The predicted octanol–water partition coefficient (Wildman–Crippen LogP) is 1.80. The molecule has 1 aromatic heterocycles. The van der Waals surface area contributed by atoms with Crippen LogP contribution in [-0.4, -0.2) is 26.7 Å². The zero-order valence-corrected chi connectivity index (χ0v) is 8.73. The Morgan fingerprint density at radius 1 is 1.46 bits per heavy atom. The van der Waals surface area contributed by atoms with E-state index in [-0.39, 0.29) is 0 Å². The summed E-state index contributed by atoms with van der Waals surface area (Å²) in [6.07, 6.45) is 3.72. The van der Waals surface area contributed by atoms with Crippen molar-refractivity contribution in [1.82, 2.24) is 15.2 Å². The summed E-state index contributed by atoms with van der Waals surface area (Å²) in [5.74, 6) is 5.37. The van der Waals surface area contributed by atoms with Crippen molar-refractivity contribution in [3.63, 3.8) is 0 Å². The summed E-state index contributed by atoms with van der Waals surface area (Å²) >= 11 is 2.07. The molecule has 3 nitrogen and oxygen atoms in total. The minimum atomic E-state index is 0.816. The number of aryl methyl sites for hydroxylation is 1. The minimum absolute atomic E-state index is 0.816. The second-order valence-corrected chi connectivity index (χ2v) is 4.82. The van der Waals surface area contributed by atoms with Crippen LogP contribution in [-0.2, 0) is 6.42 Å². The van der Waals surface area contributed by atoms with Crippen LogP contribution >= 0.6 is 11.8 Å². The van der Waals surface area contributed by atoms with E-state index in [0.717, 1.165) is 24.0 Å². The lowest BCUT2D eigenvalue weighted by Crippen LogP contribution is -2.12. The quantitative estimate of drug-likeness (QED) is 0.786. The van der Waals surface area contributed by atoms with Gasteiger partial charge in [-0.15, -0.1) is 0 Å². The number of nitrogens with one attached hydrogen (secondary N) is 1. The van der Waals surface area contributed by atoms with Gasteiger partial charge in [0, 0.05) is 6.42 Å². The molecule has 1 aliphatic rings. The molecule has 1 aliphatic heterocycles. The van der Waals surface area contributed by atoms with E-state index in [1.165, 1.54) is 24.3 Å². The molecular weight excluding hydrogens is 182 g/mol. The third-order valence-electron chi connectivity index (χ3n) is 2.46. The molecule has 0 saturated carbocycles. The summed E-state index contributed by atoms with van der Waals surface area (Å²) in [5.41, 5.74) is 0. The van der Waals surface area contributed by atoms with E-state index in [9.17, 15) is 0 Å². The fourth-order valence-electron chi connectivity index (χ4n) is 1.69. The molecule has 0 radical (unpaired) electrons. The van der Waals surface area contributed by atoms with Gasteiger partial charge in [0.15, 0.2) is 5.82 Å². The summed E-state index contributed by atoms with van der Waals surface area (Å²) < 4.78 is 0. The molecular formula is C9H15N3S. The van der Waals surface area contributed by atoms with Crippen molar-refractivity contribution in [1.29, 1.82) is 0 Å². The third-order valence-corrected chi connectivity index (χ3v) is 3.50. The maximum Gasteiger partial charge on any atom is 0.150 e. The van der Waals surface area contributed by atoms with Crippen molar-refractivity contribution >= 4 is 11.8 Å². The molecule has 2 heterocycles. The van der Waals surface area contributed by atoms with Crippen LogP contribution in [0.5, 0.6) is 0 Å². The monoisotopic (exact) mass is 197 g/mol. The molecule has 0 bridgehead atoms. The maximum atomic E-state index is 4.33. The van der Waals surface area contributed by atoms with E-state index in [2.05, 4.69) is 26.9 Å². The average Bonchev–Trinajstić information content (AvgIpc) is 2.53. The Balaban J connectivity index is 1.89. The van der Waals surface area contributed by atoms with E-state index in [1.54, 1.807) is 0 Å². The van der Waals surface area contributed by atoms with Crippen molar-refractivity contribution in [3.05, 3.63) is 11.6 Å². The number of thioether (sulfide) groups is 1. The molecule has 0 atom stereocenters. The molecule has 1 saturated heterocycles. The third kappa shape index (κ3) is 2.46. The number of rotatable bonds is 2. The van der Waals surface area contributed by atoms with Gasteiger partial charge in [0.2, 0.25) is 0 Å². The Kier molecular flexibility index (Phi) is 2.88. The second kappa shape index (κ2) is 4.13. The summed E-state index contributed by atoms with van der Waals surface area (Å²) in [4.78, 5) is 4.33. The largest absolute Gasteiger partial charge is 0.263 e. The first-order valence-corrected chi connectivity index (χ1v) is 5.95. The Hall–Kier alpha value is -0.510. The first-order valence-electron chi connectivity index (χ1n) is 4.80. The van der Waals surface area contributed by atoms with Gasteiger partial charge in [-0.05, 0) is 37.2 Å². The lowest BCUT2D eigenvalue weighted by atomic mass is 9.99. The summed E-state index contributed by atoms with van der Waals surface area (Å²) in [7, 11) is 0. The zero-order chi connectivity index (χ0) is 9.10. The number of hydrogen-bond acceptors (Lipinski definition) is 3. The van der Waals surface area contributed by atoms with Crippen LogP contribution in [0.15, 0.2) is 0 Å². The van der Waals surface area contributed by atoms with E-state index in [1.807, 2.05) is 6.92 Å². The zero-order valence-electron chi connectivity index (χ0n) is 7.92. The molecule has 0 aliphatic carbocycles. The molecule has 0 aromatic carbocycles. The van der Waals surface area contributed by atoms with Gasteiger partial charge in [-0.25, -0.2) is 4.98 Å². The van der Waals surface area contributed by atoms with Gasteiger partial charge < -0.3 is 0 Å². The second-order valence-electron chi connectivity index (χ2n) is 3.60. The normalized spacial score (nSPS) is 19.2. The van der Waals surface area contributed by atoms with Crippen LogP contribution in [0.1, 0.15) is 24.5 Å². The van der Waals surface area contributed by atoms with E-state index < -0.39 is 0 Å². The van der Waals surface area contributed by atoms with Gasteiger partial charge in [-0.2, -0.15) is 16.9 Å². The number of aromatic amines is 1. The SMILES string of the molecule is Cc1nc(CC2CCSCC2)n[nH]1. The van der Waals surface area contributed by atoms with Crippen LogP contribution < -0.4 is 0 Å². The number of hydrogen-bond donors (Lipinski definition) is 1. The van der Waals surface area contributed by atoms with E-state index in [4.69, 9.17) is 0 Å². The predicted molar refractivity (Wildman–Crippen MR) is 54.9 cm³/mol. The Morgan fingerprint density at radius 2 is 2.23 bits per heavy atom. The molecule has 0 amide bonds. The van der Waals surface area contributed by atoms with Crippen LogP contribution in [0, 0.1) is 12.8 Å². The van der Waals surface area contributed by atoms with Crippen LogP contribution in [0.4, 0.5) is 0 Å². The summed E-state index contributed by atoms with van der Waals surface area (Å²) in [6.45, 7) is 1.95. The van der Waals surface area contributed by atoms with E-state index in [0.29, 0.717) is 0 Å². The van der Waals surface area contributed by atoms with Crippen molar-refractivity contribution < 1.29 is 0 Å². The molecule has 0 unspecified atom stereocenters. The Labute approximate surface area is 82.7 Å². The Morgan fingerprint density at radius 3 is 2.85 bits per heavy atom. The molecule has 2 rings (SSSR count). The summed E-state index contributed by atoms with van der Waals surface area (Å²) in [6, 6.07) is 0. The lowest BCUT2D eigenvalue weighted by Gasteiger charge is -2.19. The van der Waals surface area contributed by atoms with Crippen LogP contribution in [0.25, 0.3) is 0 Å². The van der Waals surface area contributed by atoms with E-state index >= 15 is 0 Å². The molecule has 1 aromatic rings. The van der Waals surface area contributed by atoms with Crippen LogP contribution in [0.3, 0.4) is 0 Å². The first kappa shape index (κ1) is 9.06. The number of aromatic nitrogens is 3. The molecule has 1 N–H and O–H groups in total. The average molecular weight is 197 g/mol. The Bertz CT molecular complexity index is 266. The van der Waals surface area contributed by atoms with Gasteiger partial charge >= 0.3 is 0 Å². The topological polar surface area (TPSA) is 41.6 Å². The van der Waals surface area contributed by atoms with Crippen molar-refractivity contribution in [2.45, 2.75) is 26.2 Å². The van der Waals surface area contributed by atoms with Crippen LogP contribution in [0.2, 0.25) is 0 Å². The van der Waals surface area contributed by atoms with Crippen molar-refractivity contribution in [3.8, 4) is 0 Å². The summed E-state index contributed by atoms with van der Waals surface area (Å²) in [5, 5.41) is 7.06. The van der Waals surface area contributed by atoms with Gasteiger partial charge in [0.1, 0.15) is 5.82 Å². The maximum absolute atomic E-state index is 4.33. The number of nitrogens with zero attached hydrogens (tertiary/aromatic N) is 2. The lowest BCUT2D eigenvalue weighted by molar-refractivity contribution is 0.477. The molecule has 0 spiro atoms. The fraction of sp³-hybridized carbons (Fsp3) is 0.778. The van der Waals surface area contributed by atoms with Gasteiger partial charge in [-0.3, -0.25) is 5.10 Å². The standard InChI is InChI=1S/C9H15N3S/c1-7-10-9(12-11-7)6-8-2-4-13-5-3-8/h8H,2-6H2,1H3,(H,10,11,12). The fourth-order valence-corrected chi connectivity index (χ4v) is 2.89. The molecule has 72 valence electrons. The molecule has 13 heavy (non-hydrogen) atoms. The highest BCUT2D eigenvalue weighted by molar-refractivity contribution is 7.99. The van der Waals surface area contributed by atoms with Gasteiger partial charge in [0.25, 0.3) is 0 Å². The van der Waals surface area contributed by atoms with Gasteiger partial charge in [0.05, 0.1) is 0 Å². The van der Waals surface area contributed by atoms with Gasteiger partial charge in [-0.1, -0.05) is 0 Å². The first-order chi connectivity index (χ1) is 6.34. The van der Waals surface area contributed by atoms with Crippen molar-refractivity contribution in [2.75, 3.05) is 11.5 Å². The molecule has 4 heteroatoms. The highest BCUT2D eigenvalue weighted by Crippen LogP contribution is 2.24. The minimum Gasteiger partial charge on any atom is -0.263 e. The number of H-pyrrole nitrogens is 1.